The molecule has 20 heavy (non-hydrogen) atoms. The van der Waals surface area contributed by atoms with Gasteiger partial charge in [0.15, 0.2) is 6.61 Å². The quantitative estimate of drug-likeness (QED) is 0.731. The first-order valence-electron chi connectivity index (χ1n) is 5.68. The van der Waals surface area contributed by atoms with Gasteiger partial charge >= 0.3 is 0 Å². The number of benzene rings is 2. The highest BCUT2D eigenvalue weighted by atomic mass is 127. The Morgan fingerprint density at radius 2 is 2.00 bits per heavy atom. The van der Waals surface area contributed by atoms with Crippen molar-refractivity contribution in [3.63, 3.8) is 0 Å². The molecular weight excluding hydrogens is 412 g/mol. The number of carbonyl (C=O) groups is 1. The number of amides is 1. The van der Waals surface area contributed by atoms with Gasteiger partial charge in [-0.05, 0) is 59.0 Å². The van der Waals surface area contributed by atoms with Crippen LogP contribution in [0.3, 0.4) is 0 Å². The van der Waals surface area contributed by atoms with Crippen LogP contribution in [0.1, 0.15) is 0 Å². The normalized spacial score (nSPS) is 10.2. The predicted molar refractivity (Wildman–Crippen MR) is 89.7 cm³/mol. The van der Waals surface area contributed by atoms with E-state index in [1.54, 1.807) is 36.4 Å². The van der Waals surface area contributed by atoms with Crippen LogP contribution in [-0.4, -0.2) is 12.5 Å². The van der Waals surface area contributed by atoms with Crippen molar-refractivity contribution in [2.75, 3.05) is 11.9 Å². The molecule has 0 aliphatic carbocycles. The van der Waals surface area contributed by atoms with Gasteiger partial charge in [0.2, 0.25) is 0 Å². The topological polar surface area (TPSA) is 38.3 Å². The van der Waals surface area contributed by atoms with Gasteiger partial charge in [0.05, 0.1) is 10.7 Å². The lowest BCUT2D eigenvalue weighted by atomic mass is 10.3. The minimum atomic E-state index is -0.284. The van der Waals surface area contributed by atoms with Crippen LogP contribution in [0.4, 0.5) is 5.69 Å². The summed E-state index contributed by atoms with van der Waals surface area (Å²) < 4.78 is 6.34. The third kappa shape index (κ3) is 4.54. The van der Waals surface area contributed by atoms with Gasteiger partial charge in [0.1, 0.15) is 5.75 Å². The number of ether oxygens (including phenoxy) is 1. The summed E-state index contributed by atoms with van der Waals surface area (Å²) in [6.07, 6.45) is 0. The molecule has 0 radical (unpaired) electrons. The average Bonchev–Trinajstić information content (AvgIpc) is 2.40. The van der Waals surface area contributed by atoms with Crippen molar-refractivity contribution < 1.29 is 9.53 Å². The molecule has 0 atom stereocenters. The monoisotopic (exact) mass is 421 g/mol. The van der Waals surface area contributed by atoms with Crippen LogP contribution in [-0.2, 0) is 4.79 Å². The molecule has 0 saturated heterocycles. The molecule has 0 saturated carbocycles. The van der Waals surface area contributed by atoms with E-state index in [2.05, 4.69) is 27.9 Å². The van der Waals surface area contributed by atoms with E-state index in [1.807, 2.05) is 6.07 Å². The molecule has 2 aromatic rings. The number of carbonyl (C=O) groups excluding carboxylic acids is 1. The van der Waals surface area contributed by atoms with Crippen molar-refractivity contribution in [3.05, 3.63) is 56.1 Å². The lowest BCUT2D eigenvalue weighted by Gasteiger charge is -2.09. The molecular formula is C14H10Cl2INO2. The van der Waals surface area contributed by atoms with Crippen LogP contribution in [0.2, 0.25) is 10.0 Å². The van der Waals surface area contributed by atoms with Crippen molar-refractivity contribution in [1.82, 2.24) is 0 Å². The first kappa shape index (κ1) is 15.4. The maximum atomic E-state index is 11.8. The lowest BCUT2D eigenvalue weighted by molar-refractivity contribution is -0.118. The number of anilines is 1. The van der Waals surface area contributed by atoms with Crippen LogP contribution in [0.5, 0.6) is 5.75 Å². The summed E-state index contributed by atoms with van der Waals surface area (Å²) in [6.45, 7) is -0.108. The first-order chi connectivity index (χ1) is 9.54. The first-order valence-corrected chi connectivity index (χ1v) is 7.51. The number of halogens is 3. The Kier molecular flexibility index (Phi) is 5.51. The highest BCUT2D eigenvalue weighted by Gasteiger charge is 2.07. The molecule has 2 aromatic carbocycles. The number of nitrogens with one attached hydrogen (secondary N) is 1. The van der Waals surface area contributed by atoms with Crippen LogP contribution < -0.4 is 10.1 Å². The standard InChI is InChI=1S/C14H10Cl2INO2/c15-9-2-1-3-11(6-9)20-8-14(19)18-13-5-4-10(17)7-12(13)16/h1-7H,8H2,(H,18,19). The summed E-state index contributed by atoms with van der Waals surface area (Å²) in [7, 11) is 0. The molecule has 0 bridgehead atoms. The number of hydrogen-bond acceptors (Lipinski definition) is 2. The fraction of sp³-hybridized carbons (Fsp3) is 0.0714. The van der Waals surface area contributed by atoms with Gasteiger partial charge < -0.3 is 10.1 Å². The Hall–Kier alpha value is -0.980. The average molecular weight is 422 g/mol. The van der Waals surface area contributed by atoms with Crippen LogP contribution in [0.15, 0.2) is 42.5 Å². The maximum absolute atomic E-state index is 11.8. The lowest BCUT2D eigenvalue weighted by Crippen LogP contribution is -2.20. The van der Waals surface area contributed by atoms with E-state index < -0.39 is 0 Å². The minimum absolute atomic E-state index is 0.108. The fourth-order valence-electron chi connectivity index (χ4n) is 1.48. The molecule has 1 N–H and O–H groups in total. The Balaban J connectivity index is 1.92. The highest BCUT2D eigenvalue weighted by molar-refractivity contribution is 14.1. The molecule has 0 fully saturated rings. The Morgan fingerprint density at radius 1 is 1.20 bits per heavy atom. The van der Waals surface area contributed by atoms with Crippen molar-refractivity contribution in [1.29, 1.82) is 0 Å². The fourth-order valence-corrected chi connectivity index (χ4v) is 2.57. The molecule has 1 amide bonds. The van der Waals surface area contributed by atoms with Crippen molar-refractivity contribution in [2.45, 2.75) is 0 Å². The summed E-state index contributed by atoms with van der Waals surface area (Å²) >= 11 is 14.0. The summed E-state index contributed by atoms with van der Waals surface area (Å²) in [5, 5.41) is 3.74. The zero-order valence-corrected chi connectivity index (χ0v) is 13.9. The van der Waals surface area contributed by atoms with Gasteiger partial charge in [-0.2, -0.15) is 0 Å². The van der Waals surface area contributed by atoms with E-state index in [9.17, 15) is 4.79 Å². The van der Waals surface area contributed by atoms with Gasteiger partial charge in [-0.25, -0.2) is 0 Å². The Morgan fingerprint density at radius 3 is 2.70 bits per heavy atom. The van der Waals surface area contributed by atoms with Crippen molar-refractivity contribution in [2.24, 2.45) is 0 Å². The second-order valence-electron chi connectivity index (χ2n) is 3.92. The van der Waals surface area contributed by atoms with Crippen molar-refractivity contribution in [3.8, 4) is 5.75 Å². The third-order valence-corrected chi connectivity index (χ3v) is 3.59. The zero-order chi connectivity index (χ0) is 14.5. The van der Waals surface area contributed by atoms with Crippen molar-refractivity contribution >= 4 is 57.4 Å². The molecule has 3 nitrogen and oxygen atoms in total. The molecule has 0 aromatic heterocycles. The minimum Gasteiger partial charge on any atom is -0.484 e. The summed E-state index contributed by atoms with van der Waals surface area (Å²) in [5.41, 5.74) is 0.562. The molecule has 104 valence electrons. The molecule has 0 spiro atoms. The number of hydrogen-bond donors (Lipinski definition) is 1. The molecule has 6 heteroatoms. The second-order valence-corrected chi connectivity index (χ2v) is 6.01. The molecule has 0 unspecified atom stereocenters. The van der Waals surface area contributed by atoms with Gasteiger partial charge in [-0.3, -0.25) is 4.79 Å². The highest BCUT2D eigenvalue weighted by Crippen LogP contribution is 2.24. The van der Waals surface area contributed by atoms with E-state index in [-0.39, 0.29) is 12.5 Å². The molecule has 0 heterocycles. The van der Waals surface area contributed by atoms with Crippen LogP contribution in [0, 0.1) is 3.57 Å². The smallest absolute Gasteiger partial charge is 0.262 e. The van der Waals surface area contributed by atoms with E-state index in [0.717, 1.165) is 3.57 Å². The summed E-state index contributed by atoms with van der Waals surface area (Å²) in [5.74, 6) is 0.259. The second kappa shape index (κ2) is 7.15. The van der Waals surface area contributed by atoms with Gasteiger partial charge in [0, 0.05) is 8.59 Å². The third-order valence-electron chi connectivity index (χ3n) is 2.37. The van der Waals surface area contributed by atoms with Crippen LogP contribution in [0.25, 0.3) is 0 Å². The number of rotatable bonds is 4. The SMILES string of the molecule is O=C(COc1cccc(Cl)c1)Nc1ccc(I)cc1Cl. The van der Waals surface area contributed by atoms with E-state index in [1.165, 1.54) is 0 Å². The summed E-state index contributed by atoms with van der Waals surface area (Å²) in [4.78, 5) is 11.8. The summed E-state index contributed by atoms with van der Waals surface area (Å²) in [6, 6.07) is 12.3. The predicted octanol–water partition coefficient (Wildman–Crippen LogP) is 4.62. The molecule has 0 aliphatic heterocycles. The van der Waals surface area contributed by atoms with E-state index >= 15 is 0 Å². The van der Waals surface area contributed by atoms with Gasteiger partial charge in [-0.1, -0.05) is 29.3 Å². The maximum Gasteiger partial charge on any atom is 0.262 e. The van der Waals surface area contributed by atoms with Crippen LogP contribution >= 0.6 is 45.8 Å². The van der Waals surface area contributed by atoms with E-state index in [0.29, 0.717) is 21.5 Å². The van der Waals surface area contributed by atoms with E-state index in [4.69, 9.17) is 27.9 Å². The van der Waals surface area contributed by atoms with Gasteiger partial charge in [0.25, 0.3) is 5.91 Å². The molecule has 2 rings (SSSR count). The largest absolute Gasteiger partial charge is 0.484 e. The molecule has 0 aliphatic rings. The van der Waals surface area contributed by atoms with Gasteiger partial charge in [-0.15, -0.1) is 0 Å². The Bertz CT molecular complexity index is 634. The zero-order valence-electron chi connectivity index (χ0n) is 10.2. The Labute approximate surface area is 140 Å².